The highest BCUT2D eigenvalue weighted by Gasteiger charge is 2.17. The summed E-state index contributed by atoms with van der Waals surface area (Å²) in [4.78, 5) is 14.3. The fraction of sp³-hybridized carbons (Fsp3) is 0.562. The topological polar surface area (TPSA) is 56.0 Å². The van der Waals surface area contributed by atoms with E-state index in [4.69, 9.17) is 0 Å². The Kier molecular flexibility index (Phi) is 5.35. The first-order chi connectivity index (χ1) is 10.5. The molecule has 2 heterocycles. The molecule has 2 aromatic heterocycles. The number of hydrogen-bond donors (Lipinski definition) is 0. The van der Waals surface area contributed by atoms with Gasteiger partial charge in [0.1, 0.15) is 0 Å². The summed E-state index contributed by atoms with van der Waals surface area (Å²) in [6.07, 6.45) is 8.62. The van der Waals surface area contributed by atoms with E-state index in [-0.39, 0.29) is 5.91 Å². The molecule has 2 aromatic rings. The van der Waals surface area contributed by atoms with Crippen molar-refractivity contribution in [3.8, 4) is 0 Å². The average molecular weight is 303 g/mol. The van der Waals surface area contributed by atoms with Crippen LogP contribution in [0.5, 0.6) is 0 Å². The van der Waals surface area contributed by atoms with Gasteiger partial charge in [-0.3, -0.25) is 14.2 Å². The van der Waals surface area contributed by atoms with Crippen LogP contribution in [0.4, 0.5) is 0 Å². The van der Waals surface area contributed by atoms with E-state index in [1.165, 1.54) is 5.56 Å². The van der Waals surface area contributed by atoms with Gasteiger partial charge in [0.2, 0.25) is 0 Å². The minimum Gasteiger partial charge on any atom is -0.342 e. The maximum atomic E-state index is 12.5. The summed E-state index contributed by atoms with van der Waals surface area (Å²) in [6, 6.07) is 0. The molecule has 0 aliphatic rings. The Hall–Kier alpha value is -2.11. The first-order valence-corrected chi connectivity index (χ1v) is 7.78. The van der Waals surface area contributed by atoms with Gasteiger partial charge in [0.15, 0.2) is 0 Å². The molecule has 0 spiro atoms. The lowest BCUT2D eigenvalue weighted by molar-refractivity contribution is 0.0793. The largest absolute Gasteiger partial charge is 0.342 e. The van der Waals surface area contributed by atoms with E-state index in [0.717, 1.165) is 38.0 Å². The maximum Gasteiger partial charge on any atom is 0.257 e. The van der Waals surface area contributed by atoms with Gasteiger partial charge in [0, 0.05) is 39.6 Å². The fourth-order valence-corrected chi connectivity index (χ4v) is 2.50. The van der Waals surface area contributed by atoms with Crippen LogP contribution in [-0.2, 0) is 20.0 Å². The first kappa shape index (κ1) is 16.3. The lowest BCUT2D eigenvalue weighted by Crippen LogP contribution is -2.28. The van der Waals surface area contributed by atoms with Crippen LogP contribution in [0.1, 0.15) is 41.4 Å². The molecule has 0 aliphatic carbocycles. The zero-order valence-corrected chi connectivity index (χ0v) is 13.9. The Labute approximate surface area is 131 Å². The van der Waals surface area contributed by atoms with Crippen LogP contribution in [0.3, 0.4) is 0 Å². The standard InChI is InChI=1S/C16H25N5O/c1-5-8-21-12-15(13(2)18-21)16(22)19(3)9-6-7-14-10-17-20(4)11-14/h10-12H,5-9H2,1-4H3. The van der Waals surface area contributed by atoms with Crippen LogP contribution >= 0.6 is 0 Å². The summed E-state index contributed by atoms with van der Waals surface area (Å²) >= 11 is 0. The average Bonchev–Trinajstić information content (AvgIpc) is 3.04. The molecule has 0 radical (unpaired) electrons. The number of amides is 1. The molecule has 0 aliphatic heterocycles. The molecule has 0 bridgehead atoms. The Morgan fingerprint density at radius 3 is 2.77 bits per heavy atom. The van der Waals surface area contributed by atoms with Crippen LogP contribution in [-0.4, -0.2) is 44.0 Å². The molecule has 1 amide bonds. The van der Waals surface area contributed by atoms with Crippen LogP contribution in [0.15, 0.2) is 18.6 Å². The van der Waals surface area contributed by atoms with Crippen molar-refractivity contribution in [3.05, 3.63) is 35.4 Å². The summed E-state index contributed by atoms with van der Waals surface area (Å²) < 4.78 is 3.65. The van der Waals surface area contributed by atoms with Gasteiger partial charge < -0.3 is 4.90 Å². The second kappa shape index (κ2) is 7.24. The summed E-state index contributed by atoms with van der Waals surface area (Å²) in [5, 5.41) is 8.55. The fourth-order valence-electron chi connectivity index (χ4n) is 2.50. The van der Waals surface area contributed by atoms with Crippen LogP contribution in [0.25, 0.3) is 0 Å². The van der Waals surface area contributed by atoms with Crippen LogP contribution < -0.4 is 0 Å². The number of carbonyl (C=O) groups excluding carboxylic acids is 1. The third-order valence-corrected chi connectivity index (χ3v) is 3.69. The second-order valence-corrected chi connectivity index (χ2v) is 5.74. The molecule has 0 saturated heterocycles. The van der Waals surface area contributed by atoms with Gasteiger partial charge >= 0.3 is 0 Å². The molecule has 6 heteroatoms. The summed E-state index contributed by atoms with van der Waals surface area (Å²) in [5.41, 5.74) is 2.71. The van der Waals surface area contributed by atoms with Crippen molar-refractivity contribution in [2.24, 2.45) is 7.05 Å². The van der Waals surface area contributed by atoms with Gasteiger partial charge in [-0.1, -0.05) is 6.92 Å². The van der Waals surface area contributed by atoms with Gasteiger partial charge in [-0.25, -0.2) is 0 Å². The van der Waals surface area contributed by atoms with E-state index in [1.54, 1.807) is 9.58 Å². The highest BCUT2D eigenvalue weighted by atomic mass is 16.2. The van der Waals surface area contributed by atoms with Crippen molar-refractivity contribution < 1.29 is 4.79 Å². The normalized spacial score (nSPS) is 10.9. The number of aromatic nitrogens is 4. The number of nitrogens with zero attached hydrogens (tertiary/aromatic N) is 5. The second-order valence-electron chi connectivity index (χ2n) is 5.74. The van der Waals surface area contributed by atoms with E-state index in [9.17, 15) is 4.79 Å². The Morgan fingerprint density at radius 2 is 2.14 bits per heavy atom. The summed E-state index contributed by atoms with van der Waals surface area (Å²) in [5.74, 6) is 0.0473. The van der Waals surface area contributed by atoms with E-state index in [2.05, 4.69) is 17.1 Å². The van der Waals surface area contributed by atoms with Crippen molar-refractivity contribution >= 4 is 5.91 Å². The van der Waals surface area contributed by atoms with Crippen molar-refractivity contribution in [2.75, 3.05) is 13.6 Å². The minimum atomic E-state index is 0.0473. The Morgan fingerprint density at radius 1 is 1.36 bits per heavy atom. The van der Waals surface area contributed by atoms with Crippen molar-refractivity contribution in [1.82, 2.24) is 24.5 Å². The Balaban J connectivity index is 1.88. The zero-order chi connectivity index (χ0) is 16.1. The van der Waals surface area contributed by atoms with Gasteiger partial charge in [0.25, 0.3) is 5.91 Å². The van der Waals surface area contributed by atoms with Crippen molar-refractivity contribution in [2.45, 2.75) is 39.7 Å². The number of carbonyl (C=O) groups is 1. The molecule has 0 fully saturated rings. The molecule has 0 N–H and O–H groups in total. The quantitative estimate of drug-likeness (QED) is 0.786. The summed E-state index contributed by atoms with van der Waals surface area (Å²) in [7, 11) is 3.76. The van der Waals surface area contributed by atoms with Crippen LogP contribution in [0, 0.1) is 6.92 Å². The van der Waals surface area contributed by atoms with E-state index in [0.29, 0.717) is 5.56 Å². The Bertz CT molecular complexity index is 628. The van der Waals surface area contributed by atoms with E-state index < -0.39 is 0 Å². The number of rotatable bonds is 7. The molecule has 0 aromatic carbocycles. The molecule has 6 nitrogen and oxygen atoms in total. The third-order valence-electron chi connectivity index (χ3n) is 3.69. The third kappa shape index (κ3) is 3.96. The van der Waals surface area contributed by atoms with Crippen molar-refractivity contribution in [3.63, 3.8) is 0 Å². The van der Waals surface area contributed by atoms with Gasteiger partial charge in [0.05, 0.1) is 17.5 Å². The summed E-state index contributed by atoms with van der Waals surface area (Å²) in [6.45, 7) is 5.57. The minimum absolute atomic E-state index is 0.0473. The molecule has 0 unspecified atom stereocenters. The zero-order valence-electron chi connectivity index (χ0n) is 13.9. The maximum absolute atomic E-state index is 12.5. The molecule has 120 valence electrons. The highest BCUT2D eigenvalue weighted by Crippen LogP contribution is 2.10. The van der Waals surface area contributed by atoms with E-state index >= 15 is 0 Å². The SMILES string of the molecule is CCCn1cc(C(=O)N(C)CCCc2cnn(C)c2)c(C)n1. The number of aryl methyl sites for hydroxylation is 4. The molecule has 2 rings (SSSR count). The van der Waals surface area contributed by atoms with Crippen molar-refractivity contribution in [1.29, 1.82) is 0 Å². The lowest BCUT2D eigenvalue weighted by atomic mass is 10.2. The van der Waals surface area contributed by atoms with Crippen LogP contribution in [0.2, 0.25) is 0 Å². The lowest BCUT2D eigenvalue weighted by Gasteiger charge is -2.16. The molecule has 22 heavy (non-hydrogen) atoms. The molecule has 0 saturated carbocycles. The van der Waals surface area contributed by atoms with E-state index in [1.807, 2.05) is 44.3 Å². The predicted octanol–water partition coefficient (Wildman–Crippen LogP) is 2.04. The molecule has 0 atom stereocenters. The predicted molar refractivity (Wildman–Crippen MR) is 85.7 cm³/mol. The first-order valence-electron chi connectivity index (χ1n) is 7.78. The smallest absolute Gasteiger partial charge is 0.257 e. The van der Waals surface area contributed by atoms with Gasteiger partial charge in [-0.2, -0.15) is 10.2 Å². The highest BCUT2D eigenvalue weighted by molar-refractivity contribution is 5.94. The molecular weight excluding hydrogens is 278 g/mol. The number of hydrogen-bond acceptors (Lipinski definition) is 3. The van der Waals surface area contributed by atoms with Gasteiger partial charge in [-0.15, -0.1) is 0 Å². The molecular formula is C16H25N5O. The monoisotopic (exact) mass is 303 g/mol. The van der Waals surface area contributed by atoms with Gasteiger partial charge in [-0.05, 0) is 31.7 Å².